The van der Waals surface area contributed by atoms with Crippen LogP contribution in [0.15, 0.2) is 42.5 Å². The first-order valence-electron chi connectivity index (χ1n) is 8.82. The molecule has 0 aliphatic rings. The molecule has 1 amide bonds. The maximum atomic E-state index is 12.5. The van der Waals surface area contributed by atoms with Crippen LogP contribution in [0.4, 0.5) is 0 Å². The molecule has 0 bridgehead atoms. The Morgan fingerprint density at radius 3 is 2.71 bits per heavy atom. The van der Waals surface area contributed by atoms with Gasteiger partial charge in [0.25, 0.3) is 0 Å². The fourth-order valence-corrected chi connectivity index (χ4v) is 4.71. The average molecular weight is 415 g/mol. The highest BCUT2D eigenvalue weighted by Gasteiger charge is 2.14. The van der Waals surface area contributed by atoms with Gasteiger partial charge < -0.3 is 9.64 Å². The topological polar surface area (TPSA) is 59.5 Å². The lowest BCUT2D eigenvalue weighted by atomic mass is 10.1. The first-order chi connectivity index (χ1) is 13.5. The van der Waals surface area contributed by atoms with Gasteiger partial charge in [-0.05, 0) is 37.3 Å². The first kappa shape index (κ1) is 20.4. The molecule has 1 heterocycles. The predicted molar refractivity (Wildman–Crippen MR) is 115 cm³/mol. The third-order valence-corrected chi connectivity index (χ3v) is 6.29. The molecule has 28 heavy (non-hydrogen) atoms. The number of amides is 1. The van der Waals surface area contributed by atoms with E-state index >= 15 is 0 Å². The maximum absolute atomic E-state index is 12.5. The summed E-state index contributed by atoms with van der Waals surface area (Å²) in [4.78, 5) is 30.4. The number of fused-ring (bicyclic) bond motifs is 1. The number of carbonyl (C=O) groups is 2. The SMILES string of the molecule is COc1ccc(C(C)=O)cc1CSCC(=O)N(C)Cc1nc2ccccc2s1. The molecular formula is C21H22N2O3S2. The van der Waals surface area contributed by atoms with Crippen LogP contribution in [0.25, 0.3) is 10.2 Å². The number of nitrogens with zero attached hydrogens (tertiary/aromatic N) is 2. The van der Waals surface area contributed by atoms with Crippen LogP contribution >= 0.6 is 23.1 Å². The second kappa shape index (κ2) is 9.21. The standard InChI is InChI=1S/C21H22N2O3S2/c1-14(24)15-8-9-18(26-3)16(10-15)12-27-13-21(25)23(2)11-20-22-17-6-4-5-7-19(17)28-20/h4-10H,11-13H2,1-3H3. The molecule has 2 aromatic carbocycles. The number of ketones is 1. The van der Waals surface area contributed by atoms with Crippen LogP contribution in [0.2, 0.25) is 0 Å². The van der Waals surface area contributed by atoms with Crippen molar-refractivity contribution in [3.8, 4) is 5.75 Å². The summed E-state index contributed by atoms with van der Waals surface area (Å²) in [7, 11) is 3.40. The Kier molecular flexibility index (Phi) is 6.70. The van der Waals surface area contributed by atoms with Crippen LogP contribution in [0.1, 0.15) is 27.9 Å². The highest BCUT2D eigenvalue weighted by Crippen LogP contribution is 2.26. The third-order valence-electron chi connectivity index (χ3n) is 4.31. The summed E-state index contributed by atoms with van der Waals surface area (Å²) in [6.45, 7) is 2.04. The number of para-hydroxylation sites is 1. The Morgan fingerprint density at radius 2 is 2.00 bits per heavy atom. The van der Waals surface area contributed by atoms with E-state index in [4.69, 9.17) is 4.74 Å². The van der Waals surface area contributed by atoms with Gasteiger partial charge in [0.15, 0.2) is 5.78 Å². The molecule has 0 saturated carbocycles. The van der Waals surface area contributed by atoms with Crippen molar-refractivity contribution in [2.45, 2.75) is 19.2 Å². The monoisotopic (exact) mass is 414 g/mol. The number of benzene rings is 2. The minimum absolute atomic E-state index is 0.0144. The van der Waals surface area contributed by atoms with Gasteiger partial charge in [-0.15, -0.1) is 23.1 Å². The molecule has 0 atom stereocenters. The summed E-state index contributed by atoms with van der Waals surface area (Å²) in [5, 5.41) is 0.929. The van der Waals surface area contributed by atoms with E-state index in [2.05, 4.69) is 4.98 Å². The average Bonchev–Trinajstić information content (AvgIpc) is 3.09. The predicted octanol–water partition coefficient (Wildman–Crippen LogP) is 4.40. The van der Waals surface area contributed by atoms with Crippen molar-refractivity contribution in [3.05, 3.63) is 58.6 Å². The van der Waals surface area contributed by atoms with Crippen molar-refractivity contribution in [1.29, 1.82) is 0 Å². The lowest BCUT2D eigenvalue weighted by Gasteiger charge is -2.16. The van der Waals surface area contributed by atoms with Gasteiger partial charge in [0, 0.05) is 23.9 Å². The van der Waals surface area contributed by atoms with Crippen LogP contribution in [0, 0.1) is 0 Å². The number of Topliss-reactive ketones (excluding diaryl/α,β-unsaturated/α-hetero) is 1. The quantitative estimate of drug-likeness (QED) is 0.511. The summed E-state index contributed by atoms with van der Waals surface area (Å²) >= 11 is 3.12. The number of ether oxygens (including phenoxy) is 1. The van der Waals surface area contributed by atoms with Gasteiger partial charge in [-0.1, -0.05) is 12.1 Å². The summed E-state index contributed by atoms with van der Waals surface area (Å²) in [5.41, 5.74) is 2.53. The van der Waals surface area contributed by atoms with Crippen molar-refractivity contribution in [2.75, 3.05) is 19.9 Å². The minimum atomic E-state index is 0.0144. The van der Waals surface area contributed by atoms with Gasteiger partial charge >= 0.3 is 0 Å². The molecule has 0 radical (unpaired) electrons. The largest absolute Gasteiger partial charge is 0.496 e. The van der Waals surface area contributed by atoms with Crippen molar-refractivity contribution in [1.82, 2.24) is 9.88 Å². The van der Waals surface area contributed by atoms with E-state index in [0.29, 0.717) is 23.6 Å². The minimum Gasteiger partial charge on any atom is -0.496 e. The highest BCUT2D eigenvalue weighted by atomic mass is 32.2. The molecule has 0 aliphatic heterocycles. The molecule has 0 N–H and O–H groups in total. The second-order valence-corrected chi connectivity index (χ2v) is 8.50. The summed E-state index contributed by atoms with van der Waals surface area (Å²) in [6.07, 6.45) is 0. The van der Waals surface area contributed by atoms with E-state index < -0.39 is 0 Å². The number of carbonyl (C=O) groups excluding carboxylic acids is 2. The van der Waals surface area contributed by atoms with Gasteiger partial charge in [0.2, 0.25) is 5.91 Å². The van der Waals surface area contributed by atoms with Crippen molar-refractivity contribution in [2.24, 2.45) is 0 Å². The molecule has 1 aromatic heterocycles. The Hall–Kier alpha value is -2.38. The molecule has 0 saturated heterocycles. The van der Waals surface area contributed by atoms with Crippen molar-refractivity contribution in [3.63, 3.8) is 0 Å². The number of thioether (sulfide) groups is 1. The zero-order chi connectivity index (χ0) is 20.1. The molecule has 0 fully saturated rings. The van der Waals surface area contributed by atoms with Crippen LogP contribution < -0.4 is 4.74 Å². The maximum Gasteiger partial charge on any atom is 0.232 e. The van der Waals surface area contributed by atoms with Gasteiger partial charge in [-0.3, -0.25) is 9.59 Å². The molecule has 0 spiro atoms. The van der Waals surface area contributed by atoms with Gasteiger partial charge in [-0.2, -0.15) is 0 Å². The third kappa shape index (κ3) is 4.91. The van der Waals surface area contributed by atoms with Crippen LogP contribution in [0.3, 0.4) is 0 Å². The molecule has 7 heteroatoms. The van der Waals surface area contributed by atoms with E-state index in [1.807, 2.05) is 30.3 Å². The van der Waals surface area contributed by atoms with E-state index in [1.165, 1.54) is 11.8 Å². The first-order valence-corrected chi connectivity index (χ1v) is 10.8. The number of rotatable bonds is 8. The van der Waals surface area contributed by atoms with Crippen LogP contribution in [-0.2, 0) is 17.1 Å². The van der Waals surface area contributed by atoms with E-state index in [-0.39, 0.29) is 11.7 Å². The van der Waals surface area contributed by atoms with Crippen LogP contribution in [0.5, 0.6) is 5.75 Å². The summed E-state index contributed by atoms with van der Waals surface area (Å²) < 4.78 is 6.50. The normalized spacial score (nSPS) is 10.8. The Bertz CT molecular complexity index is 967. The number of methoxy groups -OCH3 is 1. The lowest BCUT2D eigenvalue weighted by Crippen LogP contribution is -2.27. The van der Waals surface area contributed by atoms with Crippen molar-refractivity contribution < 1.29 is 14.3 Å². The molecule has 0 unspecified atom stereocenters. The fourth-order valence-electron chi connectivity index (χ4n) is 2.75. The fraction of sp³-hybridized carbons (Fsp3) is 0.286. The Morgan fingerprint density at radius 1 is 1.21 bits per heavy atom. The molecule has 5 nitrogen and oxygen atoms in total. The Labute approximate surface area is 172 Å². The summed E-state index contributed by atoms with van der Waals surface area (Å²) in [5.74, 6) is 1.75. The van der Waals surface area contributed by atoms with E-state index in [1.54, 1.807) is 49.5 Å². The number of aromatic nitrogens is 1. The van der Waals surface area contributed by atoms with Gasteiger partial charge in [-0.25, -0.2) is 4.98 Å². The zero-order valence-electron chi connectivity index (χ0n) is 16.1. The van der Waals surface area contributed by atoms with E-state index in [0.717, 1.165) is 26.5 Å². The molecular weight excluding hydrogens is 392 g/mol. The molecule has 146 valence electrons. The summed E-state index contributed by atoms with van der Waals surface area (Å²) in [6, 6.07) is 13.4. The number of thiazole rings is 1. The van der Waals surface area contributed by atoms with E-state index in [9.17, 15) is 9.59 Å². The second-order valence-electron chi connectivity index (χ2n) is 6.40. The van der Waals surface area contributed by atoms with Gasteiger partial charge in [0.05, 0.1) is 29.6 Å². The van der Waals surface area contributed by atoms with Crippen LogP contribution in [-0.4, -0.2) is 41.5 Å². The number of hydrogen-bond donors (Lipinski definition) is 0. The molecule has 3 rings (SSSR count). The number of hydrogen-bond acceptors (Lipinski definition) is 6. The molecule has 3 aromatic rings. The zero-order valence-corrected chi connectivity index (χ0v) is 17.7. The Balaban J connectivity index is 1.56. The lowest BCUT2D eigenvalue weighted by molar-refractivity contribution is -0.127. The molecule has 0 aliphatic carbocycles. The van der Waals surface area contributed by atoms with Gasteiger partial charge in [0.1, 0.15) is 10.8 Å². The highest BCUT2D eigenvalue weighted by molar-refractivity contribution is 7.99. The van der Waals surface area contributed by atoms with Crippen molar-refractivity contribution >= 4 is 45.0 Å². The smallest absolute Gasteiger partial charge is 0.232 e.